The van der Waals surface area contributed by atoms with Crippen molar-refractivity contribution < 1.29 is 4.74 Å². The zero-order valence-corrected chi connectivity index (χ0v) is 11.1. The molecule has 2 rings (SSSR count). The number of benzene rings is 1. The largest absolute Gasteiger partial charge is 0.490 e. The summed E-state index contributed by atoms with van der Waals surface area (Å²) in [4.78, 5) is 2.51. The van der Waals surface area contributed by atoms with Crippen molar-refractivity contribution in [2.45, 2.75) is 32.3 Å². The molecule has 3 heteroatoms. The molecule has 0 radical (unpaired) electrons. The number of nitrogens with zero attached hydrogens (tertiary/aromatic N) is 1. The molecule has 1 saturated heterocycles. The normalized spacial score (nSPS) is 18.2. The van der Waals surface area contributed by atoms with Gasteiger partial charge < -0.3 is 9.64 Å². The van der Waals surface area contributed by atoms with Crippen LogP contribution < -0.4 is 4.74 Å². The van der Waals surface area contributed by atoms with E-state index in [1.807, 2.05) is 24.3 Å². The average molecular weight is 254 g/mol. The van der Waals surface area contributed by atoms with Gasteiger partial charge in [-0.05, 0) is 44.0 Å². The van der Waals surface area contributed by atoms with Crippen LogP contribution in [0.2, 0.25) is 5.02 Å². The van der Waals surface area contributed by atoms with E-state index in [-0.39, 0.29) is 0 Å². The molecule has 0 aliphatic carbocycles. The van der Waals surface area contributed by atoms with E-state index in [0.29, 0.717) is 6.10 Å². The van der Waals surface area contributed by atoms with Gasteiger partial charge in [0.25, 0.3) is 0 Å². The maximum absolute atomic E-state index is 5.95. The lowest BCUT2D eigenvalue weighted by atomic mass is 10.1. The second-order valence-corrected chi connectivity index (χ2v) is 5.05. The van der Waals surface area contributed by atoms with Gasteiger partial charge in [0, 0.05) is 18.1 Å². The van der Waals surface area contributed by atoms with Crippen LogP contribution in [0.25, 0.3) is 0 Å². The van der Waals surface area contributed by atoms with E-state index in [2.05, 4.69) is 11.8 Å². The summed E-state index contributed by atoms with van der Waals surface area (Å²) in [6.07, 6.45) is 3.82. The Kier molecular flexibility index (Phi) is 4.69. The van der Waals surface area contributed by atoms with Crippen molar-refractivity contribution in [3.05, 3.63) is 29.3 Å². The predicted molar refractivity (Wildman–Crippen MR) is 71.8 cm³/mol. The first kappa shape index (κ1) is 12.7. The van der Waals surface area contributed by atoms with Crippen LogP contribution in [0.15, 0.2) is 24.3 Å². The van der Waals surface area contributed by atoms with E-state index in [4.69, 9.17) is 16.3 Å². The summed E-state index contributed by atoms with van der Waals surface area (Å²) in [5, 5.41) is 0.742. The fourth-order valence-electron chi connectivity index (χ4n) is 2.30. The third-order valence-electron chi connectivity index (χ3n) is 3.17. The molecule has 2 nitrogen and oxygen atoms in total. The maximum atomic E-state index is 5.95. The highest BCUT2D eigenvalue weighted by molar-refractivity contribution is 6.30. The molecule has 1 aliphatic heterocycles. The van der Waals surface area contributed by atoms with Crippen molar-refractivity contribution in [2.75, 3.05) is 19.6 Å². The maximum Gasteiger partial charge on any atom is 0.121 e. The van der Waals surface area contributed by atoms with Crippen LogP contribution in [-0.4, -0.2) is 30.6 Å². The molecule has 94 valence electrons. The summed E-state index contributed by atoms with van der Waals surface area (Å²) in [6, 6.07) is 7.67. The second-order valence-electron chi connectivity index (χ2n) is 4.62. The van der Waals surface area contributed by atoms with Crippen molar-refractivity contribution >= 4 is 11.6 Å². The molecule has 1 heterocycles. The van der Waals surface area contributed by atoms with Crippen LogP contribution in [-0.2, 0) is 0 Å². The van der Waals surface area contributed by atoms with Crippen molar-refractivity contribution in [3.8, 4) is 5.75 Å². The Morgan fingerprint density at radius 1 is 1.35 bits per heavy atom. The Bertz CT molecular complexity index is 348. The molecule has 0 unspecified atom stereocenters. The van der Waals surface area contributed by atoms with Gasteiger partial charge >= 0.3 is 0 Å². The van der Waals surface area contributed by atoms with Crippen molar-refractivity contribution in [1.29, 1.82) is 0 Å². The predicted octanol–water partition coefficient (Wildman–Crippen LogP) is 3.59. The summed E-state index contributed by atoms with van der Waals surface area (Å²) in [5.41, 5.74) is 0. The number of rotatable bonds is 4. The van der Waals surface area contributed by atoms with Gasteiger partial charge in [0.15, 0.2) is 0 Å². The van der Waals surface area contributed by atoms with Gasteiger partial charge in [-0.25, -0.2) is 0 Å². The molecular formula is C14H20ClNO. The van der Waals surface area contributed by atoms with Crippen LogP contribution in [0.3, 0.4) is 0 Å². The summed E-state index contributed by atoms with van der Waals surface area (Å²) in [5.74, 6) is 0.895. The van der Waals surface area contributed by atoms with Crippen LogP contribution in [0, 0.1) is 0 Å². The lowest BCUT2D eigenvalue weighted by Crippen LogP contribution is -2.38. The van der Waals surface area contributed by atoms with Gasteiger partial charge in [-0.15, -0.1) is 0 Å². The average Bonchev–Trinajstić information content (AvgIpc) is 2.32. The zero-order valence-electron chi connectivity index (χ0n) is 10.4. The molecule has 0 spiro atoms. The quantitative estimate of drug-likeness (QED) is 0.813. The first-order valence-corrected chi connectivity index (χ1v) is 6.80. The van der Waals surface area contributed by atoms with Crippen LogP contribution in [0.4, 0.5) is 0 Å². The molecule has 0 N–H and O–H groups in total. The monoisotopic (exact) mass is 253 g/mol. The van der Waals surface area contributed by atoms with Crippen molar-refractivity contribution in [2.24, 2.45) is 0 Å². The third kappa shape index (κ3) is 3.90. The Labute approximate surface area is 109 Å². The summed E-state index contributed by atoms with van der Waals surface area (Å²) in [6.45, 7) is 5.75. The third-order valence-corrected chi connectivity index (χ3v) is 3.41. The lowest BCUT2D eigenvalue weighted by Gasteiger charge is -2.31. The van der Waals surface area contributed by atoms with E-state index in [9.17, 15) is 0 Å². The Hall–Kier alpha value is -0.730. The number of halogens is 1. The number of ether oxygens (including phenoxy) is 1. The fourth-order valence-corrected chi connectivity index (χ4v) is 2.48. The summed E-state index contributed by atoms with van der Waals surface area (Å²) in [7, 11) is 0. The summed E-state index contributed by atoms with van der Waals surface area (Å²) < 4.78 is 5.95. The molecule has 17 heavy (non-hydrogen) atoms. The van der Waals surface area contributed by atoms with E-state index >= 15 is 0 Å². The van der Waals surface area contributed by atoms with E-state index in [0.717, 1.165) is 36.7 Å². The van der Waals surface area contributed by atoms with E-state index < -0.39 is 0 Å². The minimum absolute atomic E-state index is 0.349. The fraction of sp³-hybridized carbons (Fsp3) is 0.571. The Morgan fingerprint density at radius 2 is 2.12 bits per heavy atom. The van der Waals surface area contributed by atoms with Crippen LogP contribution >= 0.6 is 11.6 Å². The SMILES string of the molecule is CCCN1CCC(Oc2cccc(Cl)c2)CC1. The molecule has 0 atom stereocenters. The number of likely N-dealkylation sites (tertiary alicyclic amines) is 1. The van der Waals surface area contributed by atoms with Gasteiger partial charge in [-0.3, -0.25) is 0 Å². The van der Waals surface area contributed by atoms with Crippen molar-refractivity contribution in [3.63, 3.8) is 0 Å². The van der Waals surface area contributed by atoms with E-state index in [1.165, 1.54) is 13.0 Å². The molecule has 1 aliphatic rings. The standard InChI is InChI=1S/C14H20ClNO/c1-2-8-16-9-6-13(7-10-16)17-14-5-3-4-12(15)11-14/h3-5,11,13H,2,6-10H2,1H3. The van der Waals surface area contributed by atoms with Gasteiger partial charge in [0.05, 0.1) is 0 Å². The molecule has 0 aromatic heterocycles. The van der Waals surface area contributed by atoms with Crippen molar-refractivity contribution in [1.82, 2.24) is 4.90 Å². The second kappa shape index (κ2) is 6.27. The summed E-state index contributed by atoms with van der Waals surface area (Å²) >= 11 is 5.94. The zero-order chi connectivity index (χ0) is 12.1. The minimum Gasteiger partial charge on any atom is -0.490 e. The Morgan fingerprint density at radius 3 is 2.76 bits per heavy atom. The molecule has 1 fully saturated rings. The highest BCUT2D eigenvalue weighted by Gasteiger charge is 2.19. The lowest BCUT2D eigenvalue weighted by molar-refractivity contribution is 0.101. The molecule has 0 saturated carbocycles. The molecule has 0 amide bonds. The van der Waals surface area contributed by atoms with Gasteiger partial charge in [0.2, 0.25) is 0 Å². The molecule has 1 aromatic carbocycles. The number of hydrogen-bond acceptors (Lipinski definition) is 2. The number of hydrogen-bond donors (Lipinski definition) is 0. The highest BCUT2D eigenvalue weighted by Crippen LogP contribution is 2.22. The molecule has 1 aromatic rings. The number of piperidine rings is 1. The first-order chi connectivity index (χ1) is 8.28. The van der Waals surface area contributed by atoms with E-state index in [1.54, 1.807) is 0 Å². The van der Waals surface area contributed by atoms with Gasteiger partial charge in [0.1, 0.15) is 11.9 Å². The van der Waals surface area contributed by atoms with Gasteiger partial charge in [-0.1, -0.05) is 24.6 Å². The molecule has 0 bridgehead atoms. The van der Waals surface area contributed by atoms with Gasteiger partial charge in [-0.2, -0.15) is 0 Å². The smallest absolute Gasteiger partial charge is 0.121 e. The Balaban J connectivity index is 1.82. The highest BCUT2D eigenvalue weighted by atomic mass is 35.5. The van der Waals surface area contributed by atoms with Crippen LogP contribution in [0.5, 0.6) is 5.75 Å². The van der Waals surface area contributed by atoms with Crippen LogP contribution in [0.1, 0.15) is 26.2 Å². The molecular weight excluding hydrogens is 234 g/mol. The minimum atomic E-state index is 0.349. The topological polar surface area (TPSA) is 12.5 Å². The first-order valence-electron chi connectivity index (χ1n) is 6.42.